The number of benzene rings is 1. The Morgan fingerprint density at radius 1 is 1.24 bits per heavy atom. The van der Waals surface area contributed by atoms with Gasteiger partial charge in [0.1, 0.15) is 0 Å². The summed E-state index contributed by atoms with van der Waals surface area (Å²) in [5.74, 6) is -0.0562. The highest BCUT2D eigenvalue weighted by Gasteiger charge is 2.10. The highest BCUT2D eigenvalue weighted by atomic mass is 16.2. The minimum absolute atomic E-state index is 0.0206. The first-order valence-electron chi connectivity index (χ1n) is 6.84. The molecule has 0 saturated heterocycles. The Hall–Kier alpha value is -2.08. The largest absolute Gasteiger partial charge is 0.399 e. The summed E-state index contributed by atoms with van der Waals surface area (Å²) in [6, 6.07) is 5.36. The monoisotopic (exact) mass is 292 g/mol. The highest BCUT2D eigenvalue weighted by molar-refractivity contribution is 5.91. The van der Waals surface area contributed by atoms with E-state index in [2.05, 4.69) is 5.32 Å². The van der Waals surface area contributed by atoms with Gasteiger partial charge in [-0.25, -0.2) is 0 Å². The molecule has 0 unspecified atom stereocenters. The molecule has 1 aromatic rings. The van der Waals surface area contributed by atoms with Crippen LogP contribution in [0.15, 0.2) is 18.2 Å². The van der Waals surface area contributed by atoms with Gasteiger partial charge in [-0.15, -0.1) is 0 Å². The average molecular weight is 292 g/mol. The normalized spacial score (nSPS) is 10.5. The van der Waals surface area contributed by atoms with Gasteiger partial charge in [-0.05, 0) is 37.7 Å². The van der Waals surface area contributed by atoms with Gasteiger partial charge in [0.05, 0.1) is 6.54 Å². The van der Waals surface area contributed by atoms with E-state index in [9.17, 15) is 9.59 Å². The Bertz CT molecular complexity index is 514. The van der Waals surface area contributed by atoms with Crippen LogP contribution in [0.2, 0.25) is 0 Å². The summed E-state index contributed by atoms with van der Waals surface area (Å²) in [5, 5.41) is 2.85. The zero-order valence-electron chi connectivity index (χ0n) is 13.1. The molecule has 0 bridgehead atoms. The molecule has 0 spiro atoms. The van der Waals surface area contributed by atoms with Crippen LogP contribution < -0.4 is 11.1 Å². The zero-order valence-corrected chi connectivity index (χ0v) is 13.1. The standard InChI is InChI=1S/C15H24N4O2/c1-11-9-12(16)5-6-13(11)17-14(20)7-8-19(4)10-15(21)18(2)3/h5-6,9H,7-8,10,16H2,1-4H3,(H,17,20). The summed E-state index contributed by atoms with van der Waals surface area (Å²) in [6.45, 7) is 2.73. The van der Waals surface area contributed by atoms with Crippen molar-refractivity contribution in [3.8, 4) is 0 Å². The van der Waals surface area contributed by atoms with Gasteiger partial charge in [0.2, 0.25) is 11.8 Å². The lowest BCUT2D eigenvalue weighted by Gasteiger charge is -2.18. The molecule has 1 aromatic carbocycles. The average Bonchev–Trinajstić information content (AvgIpc) is 2.39. The molecule has 0 heterocycles. The Kier molecular flexibility index (Phi) is 6.17. The molecule has 0 aliphatic rings. The summed E-state index contributed by atoms with van der Waals surface area (Å²) in [6.07, 6.45) is 0.334. The maximum absolute atomic E-state index is 11.9. The molecule has 0 aliphatic carbocycles. The number of nitrogens with two attached hydrogens (primary N) is 1. The van der Waals surface area contributed by atoms with Crippen LogP contribution in [-0.4, -0.2) is 55.8 Å². The lowest BCUT2D eigenvalue weighted by atomic mass is 10.2. The zero-order chi connectivity index (χ0) is 16.0. The van der Waals surface area contributed by atoms with Crippen LogP contribution in [0.4, 0.5) is 11.4 Å². The van der Waals surface area contributed by atoms with Gasteiger partial charge in [0.15, 0.2) is 0 Å². The number of nitrogens with one attached hydrogen (secondary N) is 1. The number of nitrogen functional groups attached to an aromatic ring is 1. The van der Waals surface area contributed by atoms with E-state index in [1.54, 1.807) is 26.2 Å². The van der Waals surface area contributed by atoms with Gasteiger partial charge in [-0.3, -0.25) is 14.5 Å². The van der Waals surface area contributed by atoms with Gasteiger partial charge in [0.25, 0.3) is 0 Å². The molecule has 1 rings (SSSR count). The van der Waals surface area contributed by atoms with Crippen molar-refractivity contribution in [2.75, 3.05) is 45.3 Å². The molecule has 0 atom stereocenters. The van der Waals surface area contributed by atoms with Crippen molar-refractivity contribution in [3.05, 3.63) is 23.8 Å². The number of carbonyl (C=O) groups excluding carboxylic acids is 2. The molecule has 0 radical (unpaired) electrons. The number of likely N-dealkylation sites (N-methyl/N-ethyl adjacent to an activating group) is 2. The summed E-state index contributed by atoms with van der Waals surface area (Å²) >= 11 is 0. The SMILES string of the molecule is Cc1cc(N)ccc1NC(=O)CCN(C)CC(=O)N(C)C. The van der Waals surface area contributed by atoms with Crippen molar-refractivity contribution >= 4 is 23.2 Å². The second-order valence-electron chi connectivity index (χ2n) is 5.40. The van der Waals surface area contributed by atoms with Crippen molar-refractivity contribution in [2.24, 2.45) is 0 Å². The Labute approximate surface area is 125 Å². The molecular weight excluding hydrogens is 268 g/mol. The molecule has 6 nitrogen and oxygen atoms in total. The van der Waals surface area contributed by atoms with Crippen LogP contribution in [0.1, 0.15) is 12.0 Å². The molecule has 2 amide bonds. The fraction of sp³-hybridized carbons (Fsp3) is 0.467. The van der Waals surface area contributed by atoms with Gasteiger partial charge in [0, 0.05) is 38.4 Å². The van der Waals surface area contributed by atoms with Crippen molar-refractivity contribution < 1.29 is 9.59 Å². The van der Waals surface area contributed by atoms with E-state index in [-0.39, 0.29) is 11.8 Å². The number of rotatable bonds is 6. The van der Waals surface area contributed by atoms with E-state index >= 15 is 0 Å². The van der Waals surface area contributed by atoms with Crippen LogP contribution in [0.5, 0.6) is 0 Å². The number of hydrogen-bond donors (Lipinski definition) is 2. The van der Waals surface area contributed by atoms with Crippen LogP contribution in [-0.2, 0) is 9.59 Å². The topological polar surface area (TPSA) is 78.7 Å². The van der Waals surface area contributed by atoms with E-state index in [0.717, 1.165) is 11.3 Å². The van der Waals surface area contributed by atoms with Crippen molar-refractivity contribution in [3.63, 3.8) is 0 Å². The Morgan fingerprint density at radius 3 is 2.48 bits per heavy atom. The molecule has 0 fully saturated rings. The third-order valence-corrected chi connectivity index (χ3v) is 3.15. The summed E-state index contributed by atoms with van der Waals surface area (Å²) in [5.41, 5.74) is 8.04. The van der Waals surface area contributed by atoms with E-state index in [1.807, 2.05) is 24.9 Å². The van der Waals surface area contributed by atoms with E-state index in [0.29, 0.717) is 25.2 Å². The fourth-order valence-electron chi connectivity index (χ4n) is 1.78. The summed E-state index contributed by atoms with van der Waals surface area (Å²) in [4.78, 5) is 26.8. The van der Waals surface area contributed by atoms with E-state index in [4.69, 9.17) is 5.73 Å². The molecule has 3 N–H and O–H groups in total. The first kappa shape index (κ1) is 17.0. The van der Waals surface area contributed by atoms with E-state index in [1.165, 1.54) is 4.90 Å². The quantitative estimate of drug-likeness (QED) is 0.764. The fourth-order valence-corrected chi connectivity index (χ4v) is 1.78. The van der Waals surface area contributed by atoms with Gasteiger partial charge >= 0.3 is 0 Å². The molecule has 0 aromatic heterocycles. The molecule has 116 valence electrons. The lowest BCUT2D eigenvalue weighted by molar-refractivity contribution is -0.130. The van der Waals surface area contributed by atoms with Crippen LogP contribution >= 0.6 is 0 Å². The Balaban J connectivity index is 2.42. The molecule has 0 saturated carbocycles. The number of nitrogens with zero attached hydrogens (tertiary/aromatic N) is 2. The third-order valence-electron chi connectivity index (χ3n) is 3.15. The maximum Gasteiger partial charge on any atom is 0.236 e. The van der Waals surface area contributed by atoms with Gasteiger partial charge in [-0.1, -0.05) is 0 Å². The van der Waals surface area contributed by atoms with Crippen molar-refractivity contribution in [1.29, 1.82) is 0 Å². The highest BCUT2D eigenvalue weighted by Crippen LogP contribution is 2.17. The Morgan fingerprint density at radius 2 is 1.90 bits per heavy atom. The summed E-state index contributed by atoms with van der Waals surface area (Å²) in [7, 11) is 5.25. The second-order valence-corrected chi connectivity index (χ2v) is 5.40. The van der Waals surface area contributed by atoms with Crippen molar-refractivity contribution in [2.45, 2.75) is 13.3 Å². The predicted octanol–water partition coefficient (Wildman–Crippen LogP) is 0.926. The molecule has 6 heteroatoms. The minimum atomic E-state index is -0.0768. The lowest BCUT2D eigenvalue weighted by Crippen LogP contribution is -2.35. The van der Waals surface area contributed by atoms with Crippen LogP contribution in [0, 0.1) is 6.92 Å². The van der Waals surface area contributed by atoms with E-state index < -0.39 is 0 Å². The smallest absolute Gasteiger partial charge is 0.236 e. The van der Waals surface area contributed by atoms with Crippen molar-refractivity contribution in [1.82, 2.24) is 9.80 Å². The number of aryl methyl sites for hydroxylation is 1. The number of amides is 2. The van der Waals surface area contributed by atoms with Crippen LogP contribution in [0.25, 0.3) is 0 Å². The third kappa shape index (κ3) is 5.83. The predicted molar refractivity (Wildman–Crippen MR) is 85.0 cm³/mol. The maximum atomic E-state index is 11.9. The number of hydrogen-bond acceptors (Lipinski definition) is 4. The summed E-state index contributed by atoms with van der Waals surface area (Å²) < 4.78 is 0. The number of anilines is 2. The first-order valence-corrected chi connectivity index (χ1v) is 6.84. The molecule has 21 heavy (non-hydrogen) atoms. The minimum Gasteiger partial charge on any atom is -0.399 e. The van der Waals surface area contributed by atoms with Gasteiger partial charge < -0.3 is 16.0 Å². The van der Waals surface area contributed by atoms with Crippen LogP contribution in [0.3, 0.4) is 0 Å². The molecule has 0 aliphatic heterocycles. The second kappa shape index (κ2) is 7.64. The number of carbonyl (C=O) groups is 2. The first-order chi connectivity index (χ1) is 9.79. The van der Waals surface area contributed by atoms with Gasteiger partial charge in [-0.2, -0.15) is 0 Å². The molecular formula is C15H24N4O2.